The Labute approximate surface area is 79.6 Å². The van der Waals surface area contributed by atoms with Crippen LogP contribution >= 0.6 is 11.6 Å². The van der Waals surface area contributed by atoms with E-state index in [4.69, 9.17) is 11.6 Å². The van der Waals surface area contributed by atoms with Gasteiger partial charge in [-0.2, -0.15) is 0 Å². The van der Waals surface area contributed by atoms with E-state index in [9.17, 15) is 18.0 Å². The Balaban J connectivity index is 2.45. The first kappa shape index (κ1) is 8.96. The highest BCUT2D eigenvalue weighted by Crippen LogP contribution is 2.39. The molecule has 2 aliphatic rings. The lowest BCUT2D eigenvalue weighted by Gasteiger charge is -2.34. The molecule has 2 aliphatic heterocycles. The molecule has 72 valence electrons. The summed E-state index contributed by atoms with van der Waals surface area (Å²) in [4.78, 5) is 22.5. The number of fused-ring (bicyclic) bond motifs is 1. The van der Waals surface area contributed by atoms with Gasteiger partial charge in [-0.25, -0.2) is 8.42 Å². The fourth-order valence-electron chi connectivity index (χ4n) is 1.63. The van der Waals surface area contributed by atoms with Crippen LogP contribution in [0.3, 0.4) is 0 Å². The topological polar surface area (TPSA) is 71.5 Å². The van der Waals surface area contributed by atoms with Crippen molar-refractivity contribution in [1.29, 1.82) is 0 Å². The van der Waals surface area contributed by atoms with Crippen LogP contribution in [0.5, 0.6) is 0 Å². The molecule has 13 heavy (non-hydrogen) atoms. The van der Waals surface area contributed by atoms with Crippen LogP contribution in [0.2, 0.25) is 0 Å². The maximum Gasteiger partial charge on any atom is 0.227 e. The lowest BCUT2D eigenvalue weighted by Crippen LogP contribution is -2.54. The third-order valence-corrected chi connectivity index (χ3v) is 5.43. The fraction of sp³-hybridized carbons (Fsp3) is 0.667. The van der Waals surface area contributed by atoms with Crippen LogP contribution in [0.25, 0.3) is 0 Å². The molecule has 0 aromatic rings. The SMILES string of the molecule is O=CC1C(Cl)S(=O)(=O)[C@@H]2CC(=O)N12. The first-order chi connectivity index (χ1) is 6.00. The normalized spacial score (nSPS) is 41.2. The van der Waals surface area contributed by atoms with Gasteiger partial charge in [0.25, 0.3) is 0 Å². The fourth-order valence-corrected chi connectivity index (χ4v) is 4.00. The van der Waals surface area contributed by atoms with E-state index in [-0.39, 0.29) is 12.3 Å². The number of sulfone groups is 1. The third kappa shape index (κ3) is 0.899. The van der Waals surface area contributed by atoms with Crippen LogP contribution in [0, 0.1) is 0 Å². The highest BCUT2D eigenvalue weighted by atomic mass is 35.5. The van der Waals surface area contributed by atoms with Gasteiger partial charge in [0.1, 0.15) is 17.7 Å². The molecule has 1 amide bonds. The van der Waals surface area contributed by atoms with Gasteiger partial charge in [-0.3, -0.25) is 4.79 Å². The van der Waals surface area contributed by atoms with Crippen LogP contribution in [0.1, 0.15) is 6.42 Å². The number of hydrogen-bond donors (Lipinski definition) is 0. The van der Waals surface area contributed by atoms with Crippen molar-refractivity contribution in [1.82, 2.24) is 4.90 Å². The van der Waals surface area contributed by atoms with E-state index in [1.54, 1.807) is 0 Å². The number of halogens is 1. The number of alkyl halides is 1. The maximum absolute atomic E-state index is 11.4. The van der Waals surface area contributed by atoms with Crippen molar-refractivity contribution in [2.75, 3.05) is 0 Å². The van der Waals surface area contributed by atoms with Gasteiger partial charge in [0.15, 0.2) is 14.5 Å². The second kappa shape index (κ2) is 2.45. The van der Waals surface area contributed by atoms with Gasteiger partial charge < -0.3 is 9.69 Å². The zero-order chi connectivity index (χ0) is 9.80. The number of β-lactam (4-membered cyclic amide) rings is 1. The van der Waals surface area contributed by atoms with Crippen LogP contribution < -0.4 is 0 Å². The van der Waals surface area contributed by atoms with Gasteiger partial charge in [0.05, 0.1) is 6.42 Å². The summed E-state index contributed by atoms with van der Waals surface area (Å²) in [5.74, 6) is -0.325. The maximum atomic E-state index is 11.4. The highest BCUT2D eigenvalue weighted by Gasteiger charge is 2.60. The van der Waals surface area contributed by atoms with Crippen molar-refractivity contribution in [3.63, 3.8) is 0 Å². The van der Waals surface area contributed by atoms with Gasteiger partial charge in [-0.1, -0.05) is 0 Å². The molecule has 2 unspecified atom stereocenters. The number of carbonyl (C=O) groups excluding carboxylic acids is 2. The van der Waals surface area contributed by atoms with Gasteiger partial charge in [0.2, 0.25) is 5.91 Å². The molecule has 2 fully saturated rings. The third-order valence-electron chi connectivity index (χ3n) is 2.37. The molecule has 2 saturated heterocycles. The number of hydrogen-bond acceptors (Lipinski definition) is 4. The molecule has 2 heterocycles. The molecule has 0 aromatic heterocycles. The largest absolute Gasteiger partial charge is 0.313 e. The molecule has 0 N–H and O–H groups in total. The summed E-state index contributed by atoms with van der Waals surface area (Å²) in [7, 11) is -3.52. The molecule has 3 atom stereocenters. The molecular weight excluding hydrogens is 218 g/mol. The quantitative estimate of drug-likeness (QED) is 0.328. The monoisotopic (exact) mass is 223 g/mol. The van der Waals surface area contributed by atoms with Crippen LogP contribution in [-0.2, 0) is 19.4 Å². The molecule has 7 heteroatoms. The Morgan fingerprint density at radius 3 is 2.54 bits per heavy atom. The summed E-state index contributed by atoms with van der Waals surface area (Å²) in [6.45, 7) is 0. The summed E-state index contributed by atoms with van der Waals surface area (Å²) in [5.41, 5.74) is 0. The molecule has 0 spiro atoms. The van der Waals surface area contributed by atoms with Gasteiger partial charge in [-0.15, -0.1) is 11.6 Å². The minimum Gasteiger partial charge on any atom is -0.313 e. The molecule has 0 bridgehead atoms. The number of nitrogens with zero attached hydrogens (tertiary/aromatic N) is 1. The number of aldehydes is 1. The zero-order valence-corrected chi connectivity index (χ0v) is 7.96. The first-order valence-electron chi connectivity index (χ1n) is 3.63. The van der Waals surface area contributed by atoms with E-state index in [0.717, 1.165) is 4.90 Å². The number of carbonyl (C=O) groups is 2. The Kier molecular flexibility index (Phi) is 1.69. The van der Waals surface area contributed by atoms with Crippen molar-refractivity contribution in [2.45, 2.75) is 22.5 Å². The molecular formula is C6H6ClNO4S. The summed E-state index contributed by atoms with van der Waals surface area (Å²) in [6, 6.07) is -1.00. The molecule has 0 radical (unpaired) electrons. The van der Waals surface area contributed by atoms with Crippen molar-refractivity contribution < 1.29 is 18.0 Å². The van der Waals surface area contributed by atoms with E-state index < -0.39 is 26.0 Å². The molecule has 0 saturated carbocycles. The van der Waals surface area contributed by atoms with Gasteiger partial charge >= 0.3 is 0 Å². The Bertz CT molecular complexity index is 366. The lowest BCUT2D eigenvalue weighted by molar-refractivity contribution is -0.145. The first-order valence-corrected chi connectivity index (χ1v) is 5.68. The van der Waals surface area contributed by atoms with E-state index in [2.05, 4.69) is 0 Å². The van der Waals surface area contributed by atoms with Crippen molar-refractivity contribution >= 4 is 33.6 Å². The number of rotatable bonds is 1. The van der Waals surface area contributed by atoms with Crippen molar-refractivity contribution in [3.05, 3.63) is 0 Å². The Morgan fingerprint density at radius 2 is 2.15 bits per heavy atom. The Hall–Kier alpha value is -0.620. The van der Waals surface area contributed by atoms with E-state index >= 15 is 0 Å². The van der Waals surface area contributed by atoms with E-state index in [1.807, 2.05) is 0 Å². The Morgan fingerprint density at radius 1 is 1.54 bits per heavy atom. The van der Waals surface area contributed by atoms with Crippen LogP contribution in [0.4, 0.5) is 0 Å². The van der Waals surface area contributed by atoms with Gasteiger partial charge in [-0.05, 0) is 0 Å². The smallest absolute Gasteiger partial charge is 0.227 e. The number of amides is 1. The summed E-state index contributed by atoms with van der Waals surface area (Å²) < 4.78 is 21.5. The molecule has 0 aromatic carbocycles. The zero-order valence-electron chi connectivity index (χ0n) is 6.38. The predicted molar refractivity (Wildman–Crippen MR) is 43.7 cm³/mol. The van der Waals surface area contributed by atoms with Crippen LogP contribution in [-0.4, -0.2) is 41.6 Å². The standard InChI is InChI=1S/C6H6ClNO4S/c7-6-3(2-9)8-4(10)1-5(8)13(6,11)12/h2-3,5-6H,1H2/t3?,5-,6?/m1/s1. The highest BCUT2D eigenvalue weighted by molar-refractivity contribution is 7.94. The van der Waals surface area contributed by atoms with Crippen molar-refractivity contribution in [2.24, 2.45) is 0 Å². The molecule has 5 nitrogen and oxygen atoms in total. The average Bonchev–Trinajstić information content (AvgIpc) is 2.21. The average molecular weight is 224 g/mol. The minimum absolute atomic E-state index is 0.0457. The van der Waals surface area contributed by atoms with E-state index in [0.29, 0.717) is 6.29 Å². The predicted octanol–water partition coefficient (Wildman–Crippen LogP) is -0.894. The van der Waals surface area contributed by atoms with Crippen molar-refractivity contribution in [3.8, 4) is 0 Å². The van der Waals surface area contributed by atoms with E-state index in [1.165, 1.54) is 0 Å². The molecule has 0 aliphatic carbocycles. The minimum atomic E-state index is -3.52. The molecule has 2 rings (SSSR count). The summed E-state index contributed by atoms with van der Waals surface area (Å²) >= 11 is 5.55. The lowest BCUT2D eigenvalue weighted by atomic mass is 10.1. The second-order valence-electron chi connectivity index (χ2n) is 3.03. The summed E-state index contributed by atoms with van der Waals surface area (Å²) in [6.07, 6.45) is 0.363. The summed E-state index contributed by atoms with van der Waals surface area (Å²) in [5, 5.41) is -0.863. The van der Waals surface area contributed by atoms with Crippen LogP contribution in [0.15, 0.2) is 0 Å². The second-order valence-corrected chi connectivity index (χ2v) is 5.99. The van der Waals surface area contributed by atoms with Gasteiger partial charge in [0, 0.05) is 0 Å².